The van der Waals surface area contributed by atoms with E-state index in [0.29, 0.717) is 24.7 Å². The summed E-state index contributed by atoms with van der Waals surface area (Å²) in [6, 6.07) is 3.34. The topological polar surface area (TPSA) is 49.4 Å². The molecule has 21 heavy (non-hydrogen) atoms. The smallest absolute Gasteiger partial charge is 0.244 e. The molecule has 0 bridgehead atoms. The fraction of sp³-hybridized carbons (Fsp3) is 0.571. The van der Waals surface area contributed by atoms with Gasteiger partial charge in [0.05, 0.1) is 5.02 Å². The van der Waals surface area contributed by atoms with Crippen molar-refractivity contribution in [3.05, 3.63) is 27.7 Å². The molecule has 0 unspecified atom stereocenters. The molecule has 4 nitrogen and oxygen atoms in total. The molecule has 7 heteroatoms. The van der Waals surface area contributed by atoms with Crippen molar-refractivity contribution in [2.24, 2.45) is 0 Å². The molecule has 120 valence electrons. The van der Waals surface area contributed by atoms with Gasteiger partial charge in [-0.15, -0.1) is 0 Å². The monoisotopic (exact) mass is 352 g/mol. The number of hydrogen-bond acceptors (Lipinski definition) is 3. The second-order valence-electron chi connectivity index (χ2n) is 5.00. The van der Waals surface area contributed by atoms with Gasteiger partial charge in [-0.2, -0.15) is 4.31 Å². The van der Waals surface area contributed by atoms with E-state index in [1.54, 1.807) is 19.9 Å². The van der Waals surface area contributed by atoms with Crippen LogP contribution in [0.3, 0.4) is 0 Å². The number of hydrogen-bond donors (Lipinski definition) is 1. The standard InChI is InChI=1S/C14H22Cl2N2O2S/c1-5-18(6-2)21(19,20)14-7-11(9-17-10(3)4)12(15)8-13(14)16/h7-8,10,17H,5-6,9H2,1-4H3. The quantitative estimate of drug-likeness (QED) is 0.816. The number of sulfonamides is 1. The molecule has 0 saturated carbocycles. The molecule has 0 saturated heterocycles. The van der Waals surface area contributed by atoms with Crippen molar-refractivity contribution in [2.45, 2.75) is 45.2 Å². The summed E-state index contributed by atoms with van der Waals surface area (Å²) in [5.41, 5.74) is 0.723. The molecule has 1 aromatic rings. The third-order valence-electron chi connectivity index (χ3n) is 3.12. The lowest BCUT2D eigenvalue weighted by Crippen LogP contribution is -2.31. The number of benzene rings is 1. The van der Waals surface area contributed by atoms with Crippen LogP contribution in [0.15, 0.2) is 17.0 Å². The lowest BCUT2D eigenvalue weighted by atomic mass is 10.2. The minimum absolute atomic E-state index is 0.109. The van der Waals surface area contributed by atoms with E-state index in [1.165, 1.54) is 10.4 Å². The van der Waals surface area contributed by atoms with Crippen LogP contribution in [0.5, 0.6) is 0 Å². The number of nitrogens with zero attached hydrogens (tertiary/aromatic N) is 1. The summed E-state index contributed by atoms with van der Waals surface area (Å²) >= 11 is 12.2. The molecule has 0 fully saturated rings. The minimum Gasteiger partial charge on any atom is -0.310 e. The Balaban J connectivity index is 3.27. The van der Waals surface area contributed by atoms with Crippen LogP contribution in [0.2, 0.25) is 10.0 Å². The summed E-state index contributed by atoms with van der Waals surface area (Å²) in [6.07, 6.45) is 0. The summed E-state index contributed by atoms with van der Waals surface area (Å²) in [4.78, 5) is 0.109. The first-order chi connectivity index (χ1) is 9.73. The van der Waals surface area contributed by atoms with Crippen molar-refractivity contribution in [2.75, 3.05) is 13.1 Å². The fourth-order valence-electron chi connectivity index (χ4n) is 1.92. The number of rotatable bonds is 7. The highest BCUT2D eigenvalue weighted by molar-refractivity contribution is 7.89. The van der Waals surface area contributed by atoms with Crippen LogP contribution in [-0.2, 0) is 16.6 Å². The van der Waals surface area contributed by atoms with Gasteiger partial charge in [-0.05, 0) is 17.7 Å². The van der Waals surface area contributed by atoms with Crippen LogP contribution in [0.25, 0.3) is 0 Å². The Bertz CT molecular complexity index is 585. The zero-order valence-corrected chi connectivity index (χ0v) is 15.1. The summed E-state index contributed by atoms with van der Waals surface area (Å²) < 4.78 is 26.6. The maximum Gasteiger partial charge on any atom is 0.244 e. The largest absolute Gasteiger partial charge is 0.310 e. The van der Waals surface area contributed by atoms with E-state index in [2.05, 4.69) is 5.32 Å². The van der Waals surface area contributed by atoms with Crippen LogP contribution in [0.1, 0.15) is 33.3 Å². The maximum atomic E-state index is 12.6. The molecule has 0 aliphatic carbocycles. The fourth-order valence-corrected chi connectivity index (χ4v) is 4.22. The molecule has 0 radical (unpaired) electrons. The highest BCUT2D eigenvalue weighted by atomic mass is 35.5. The van der Waals surface area contributed by atoms with Crippen LogP contribution in [-0.4, -0.2) is 31.9 Å². The van der Waals surface area contributed by atoms with Crippen LogP contribution in [0.4, 0.5) is 0 Å². The molecule has 0 aliphatic heterocycles. The Kier molecular flexibility index (Phi) is 6.94. The third-order valence-corrected chi connectivity index (χ3v) is 5.99. The van der Waals surface area contributed by atoms with Crippen molar-refractivity contribution in [3.8, 4) is 0 Å². The molecule has 0 aliphatic rings. The summed E-state index contributed by atoms with van der Waals surface area (Å²) in [6.45, 7) is 8.91. The third kappa shape index (κ3) is 4.57. The SMILES string of the molecule is CCN(CC)S(=O)(=O)c1cc(CNC(C)C)c(Cl)cc1Cl. The van der Waals surface area contributed by atoms with Crippen molar-refractivity contribution in [1.82, 2.24) is 9.62 Å². The van der Waals surface area contributed by atoms with Crippen LogP contribution < -0.4 is 5.32 Å². The molecule has 1 aromatic carbocycles. The van der Waals surface area contributed by atoms with Gasteiger partial charge in [0, 0.05) is 30.7 Å². The summed E-state index contributed by atoms with van der Waals surface area (Å²) in [5, 5.41) is 3.84. The highest BCUT2D eigenvalue weighted by Crippen LogP contribution is 2.30. The number of halogens is 2. The molecule has 0 heterocycles. The zero-order chi connectivity index (χ0) is 16.2. The Hall–Kier alpha value is -0.330. The van der Waals surface area contributed by atoms with E-state index in [4.69, 9.17) is 23.2 Å². The Morgan fingerprint density at radius 1 is 1.14 bits per heavy atom. The van der Waals surface area contributed by atoms with E-state index >= 15 is 0 Å². The summed E-state index contributed by atoms with van der Waals surface area (Å²) in [7, 11) is -3.59. The molecule has 1 rings (SSSR count). The predicted octanol–water partition coefficient (Wildman–Crippen LogP) is 3.52. The van der Waals surface area contributed by atoms with E-state index in [0.717, 1.165) is 5.56 Å². The Morgan fingerprint density at radius 2 is 1.71 bits per heavy atom. The van der Waals surface area contributed by atoms with Crippen molar-refractivity contribution < 1.29 is 8.42 Å². The molecule has 0 spiro atoms. The van der Waals surface area contributed by atoms with Gasteiger partial charge >= 0.3 is 0 Å². The van der Waals surface area contributed by atoms with Gasteiger partial charge in [-0.3, -0.25) is 0 Å². The van der Waals surface area contributed by atoms with Gasteiger partial charge in [-0.1, -0.05) is 50.9 Å². The molecule has 1 N–H and O–H groups in total. The minimum atomic E-state index is -3.59. The normalized spacial score (nSPS) is 12.4. The average Bonchev–Trinajstić information content (AvgIpc) is 2.38. The van der Waals surface area contributed by atoms with E-state index in [-0.39, 0.29) is 16.0 Å². The number of nitrogens with one attached hydrogen (secondary N) is 1. The lowest BCUT2D eigenvalue weighted by molar-refractivity contribution is 0.445. The molecule has 0 atom stereocenters. The van der Waals surface area contributed by atoms with Crippen LogP contribution >= 0.6 is 23.2 Å². The molecular weight excluding hydrogens is 331 g/mol. The highest BCUT2D eigenvalue weighted by Gasteiger charge is 2.25. The average molecular weight is 353 g/mol. The summed E-state index contributed by atoms with van der Waals surface area (Å²) in [5.74, 6) is 0. The second kappa shape index (κ2) is 7.79. The zero-order valence-electron chi connectivity index (χ0n) is 12.8. The van der Waals surface area contributed by atoms with Gasteiger partial charge in [0.2, 0.25) is 10.0 Å². The van der Waals surface area contributed by atoms with Gasteiger partial charge in [0.15, 0.2) is 0 Å². The first kappa shape index (κ1) is 18.7. The second-order valence-corrected chi connectivity index (χ2v) is 7.72. The van der Waals surface area contributed by atoms with Gasteiger partial charge < -0.3 is 5.32 Å². The van der Waals surface area contributed by atoms with Gasteiger partial charge in [0.1, 0.15) is 4.90 Å². The molecule has 0 aromatic heterocycles. The van der Waals surface area contributed by atoms with Crippen molar-refractivity contribution in [3.63, 3.8) is 0 Å². The first-order valence-corrected chi connectivity index (χ1v) is 9.15. The first-order valence-electron chi connectivity index (χ1n) is 6.95. The van der Waals surface area contributed by atoms with E-state index in [9.17, 15) is 8.42 Å². The van der Waals surface area contributed by atoms with Crippen molar-refractivity contribution >= 4 is 33.2 Å². The Morgan fingerprint density at radius 3 is 2.19 bits per heavy atom. The van der Waals surface area contributed by atoms with E-state index < -0.39 is 10.0 Å². The maximum absolute atomic E-state index is 12.6. The van der Waals surface area contributed by atoms with E-state index in [1.807, 2.05) is 13.8 Å². The molecular formula is C14H22Cl2N2O2S. The molecule has 0 amide bonds. The predicted molar refractivity (Wildman–Crippen MR) is 88.5 cm³/mol. The van der Waals surface area contributed by atoms with Crippen LogP contribution in [0, 0.1) is 0 Å². The van der Waals surface area contributed by atoms with Gasteiger partial charge in [0.25, 0.3) is 0 Å². The Labute approximate surface area is 137 Å². The lowest BCUT2D eigenvalue weighted by Gasteiger charge is -2.20. The van der Waals surface area contributed by atoms with Gasteiger partial charge in [-0.25, -0.2) is 8.42 Å². The van der Waals surface area contributed by atoms with Crippen molar-refractivity contribution in [1.29, 1.82) is 0 Å².